The van der Waals surface area contributed by atoms with Gasteiger partial charge in [-0.05, 0) is 17.7 Å². The SMILES string of the molecule is CS(=O)(=O)c1ccc(CN=C(N)N2CCOCC2)cc1Cl.I. The van der Waals surface area contributed by atoms with Gasteiger partial charge in [-0.3, -0.25) is 0 Å². The zero-order valence-corrected chi connectivity index (χ0v) is 16.1. The van der Waals surface area contributed by atoms with E-state index in [1.54, 1.807) is 12.1 Å². The van der Waals surface area contributed by atoms with Crippen molar-refractivity contribution in [3.63, 3.8) is 0 Å². The highest BCUT2D eigenvalue weighted by molar-refractivity contribution is 14.0. The summed E-state index contributed by atoms with van der Waals surface area (Å²) in [5.74, 6) is 0.460. The van der Waals surface area contributed by atoms with Crippen molar-refractivity contribution in [3.8, 4) is 0 Å². The van der Waals surface area contributed by atoms with Gasteiger partial charge in [0.25, 0.3) is 0 Å². The van der Waals surface area contributed by atoms with Crippen molar-refractivity contribution >= 4 is 51.4 Å². The maximum Gasteiger partial charge on any atom is 0.191 e. The van der Waals surface area contributed by atoms with Crippen molar-refractivity contribution in [3.05, 3.63) is 28.8 Å². The molecule has 22 heavy (non-hydrogen) atoms. The van der Waals surface area contributed by atoms with E-state index in [1.165, 1.54) is 6.07 Å². The van der Waals surface area contributed by atoms with Gasteiger partial charge in [-0.2, -0.15) is 0 Å². The molecule has 1 fully saturated rings. The number of ether oxygens (including phenoxy) is 1. The van der Waals surface area contributed by atoms with Crippen molar-refractivity contribution < 1.29 is 13.2 Å². The van der Waals surface area contributed by atoms with E-state index in [2.05, 4.69) is 4.99 Å². The molecule has 0 spiro atoms. The number of guanidine groups is 1. The Bertz CT molecular complexity index is 646. The standard InChI is InChI=1S/C13H18ClN3O3S.HI/c1-21(18,19)12-3-2-10(8-11(12)14)9-16-13(15)17-4-6-20-7-5-17;/h2-3,8H,4-7,9H2,1H3,(H2,15,16);1H. The molecule has 1 aromatic rings. The highest BCUT2D eigenvalue weighted by Crippen LogP contribution is 2.22. The molecule has 1 aromatic carbocycles. The molecule has 0 bridgehead atoms. The van der Waals surface area contributed by atoms with E-state index in [1.807, 2.05) is 4.90 Å². The van der Waals surface area contributed by atoms with Crippen LogP contribution in [0.5, 0.6) is 0 Å². The number of sulfone groups is 1. The molecule has 124 valence electrons. The summed E-state index contributed by atoms with van der Waals surface area (Å²) in [5.41, 5.74) is 6.73. The Kier molecular flexibility index (Phi) is 7.36. The smallest absolute Gasteiger partial charge is 0.191 e. The molecule has 1 aliphatic rings. The number of hydrogen-bond acceptors (Lipinski definition) is 4. The predicted molar refractivity (Wildman–Crippen MR) is 97.7 cm³/mol. The quantitative estimate of drug-likeness (QED) is 0.421. The number of halogens is 2. The van der Waals surface area contributed by atoms with Crippen LogP contribution in [0.25, 0.3) is 0 Å². The highest BCUT2D eigenvalue weighted by Gasteiger charge is 2.14. The summed E-state index contributed by atoms with van der Waals surface area (Å²) in [6.45, 7) is 3.09. The maximum atomic E-state index is 11.5. The number of nitrogens with two attached hydrogens (primary N) is 1. The van der Waals surface area contributed by atoms with Crippen LogP contribution in [0.15, 0.2) is 28.1 Å². The number of benzene rings is 1. The molecular formula is C13H19ClIN3O3S. The van der Waals surface area contributed by atoms with E-state index >= 15 is 0 Å². The summed E-state index contributed by atoms with van der Waals surface area (Å²) in [4.78, 5) is 6.39. The van der Waals surface area contributed by atoms with Gasteiger partial charge in [-0.1, -0.05) is 17.7 Å². The van der Waals surface area contributed by atoms with Crippen molar-refractivity contribution in [1.29, 1.82) is 0 Å². The molecule has 6 nitrogen and oxygen atoms in total. The third kappa shape index (κ3) is 5.25. The number of morpholine rings is 1. The van der Waals surface area contributed by atoms with E-state index in [-0.39, 0.29) is 33.9 Å². The lowest BCUT2D eigenvalue weighted by Crippen LogP contribution is -2.44. The van der Waals surface area contributed by atoms with Gasteiger partial charge < -0.3 is 15.4 Å². The van der Waals surface area contributed by atoms with Gasteiger partial charge >= 0.3 is 0 Å². The minimum absolute atomic E-state index is 0. The van der Waals surface area contributed by atoms with Crippen LogP contribution >= 0.6 is 35.6 Å². The lowest BCUT2D eigenvalue weighted by molar-refractivity contribution is 0.0674. The first kappa shape index (κ1) is 19.5. The van der Waals surface area contributed by atoms with Gasteiger partial charge in [-0.25, -0.2) is 13.4 Å². The summed E-state index contributed by atoms with van der Waals surface area (Å²) in [6, 6.07) is 4.79. The normalized spacial score (nSPS) is 16.3. The zero-order valence-electron chi connectivity index (χ0n) is 12.2. The van der Waals surface area contributed by atoms with Gasteiger partial charge in [0.15, 0.2) is 15.8 Å². The Labute approximate surface area is 152 Å². The Balaban J connectivity index is 0.00000242. The Morgan fingerprint density at radius 1 is 1.41 bits per heavy atom. The fraction of sp³-hybridized carbons (Fsp3) is 0.462. The van der Waals surface area contributed by atoms with E-state index in [0.717, 1.165) is 24.9 Å². The lowest BCUT2D eigenvalue weighted by Gasteiger charge is -2.27. The van der Waals surface area contributed by atoms with Crippen LogP contribution < -0.4 is 5.73 Å². The average Bonchev–Trinajstić information content (AvgIpc) is 2.44. The molecule has 9 heteroatoms. The Morgan fingerprint density at radius 2 is 2.05 bits per heavy atom. The first-order valence-corrected chi connectivity index (χ1v) is 8.76. The van der Waals surface area contributed by atoms with E-state index in [9.17, 15) is 8.42 Å². The van der Waals surface area contributed by atoms with Crippen molar-refractivity contribution in [2.75, 3.05) is 32.6 Å². The molecule has 0 aromatic heterocycles. The fourth-order valence-electron chi connectivity index (χ4n) is 2.01. The number of rotatable bonds is 3. The third-order valence-corrected chi connectivity index (χ3v) is 4.73. The van der Waals surface area contributed by atoms with Crippen LogP contribution in [0, 0.1) is 0 Å². The largest absolute Gasteiger partial charge is 0.378 e. The minimum atomic E-state index is -3.31. The van der Waals surface area contributed by atoms with Crippen LogP contribution in [-0.4, -0.2) is 51.8 Å². The molecule has 0 aliphatic carbocycles. The van der Waals surface area contributed by atoms with E-state index in [4.69, 9.17) is 22.1 Å². The summed E-state index contributed by atoms with van der Waals surface area (Å²) >= 11 is 5.99. The van der Waals surface area contributed by atoms with E-state index < -0.39 is 9.84 Å². The van der Waals surface area contributed by atoms with Crippen molar-refractivity contribution in [2.45, 2.75) is 11.4 Å². The molecule has 0 radical (unpaired) electrons. The molecule has 1 heterocycles. The topological polar surface area (TPSA) is 85.0 Å². The molecule has 0 atom stereocenters. The monoisotopic (exact) mass is 459 g/mol. The van der Waals surface area contributed by atoms with Crippen LogP contribution in [0.4, 0.5) is 0 Å². The van der Waals surface area contributed by atoms with Gasteiger partial charge in [0, 0.05) is 19.3 Å². The summed E-state index contributed by atoms with van der Waals surface area (Å²) in [5, 5.41) is 0.204. The van der Waals surface area contributed by atoms with Crippen LogP contribution in [0.2, 0.25) is 5.02 Å². The average molecular weight is 460 g/mol. The van der Waals surface area contributed by atoms with Crippen LogP contribution in [0.3, 0.4) is 0 Å². The second-order valence-corrected chi connectivity index (χ2v) is 7.20. The molecule has 1 aliphatic heterocycles. The first-order valence-electron chi connectivity index (χ1n) is 6.49. The maximum absolute atomic E-state index is 11.5. The molecule has 0 unspecified atom stereocenters. The fourth-order valence-corrected chi connectivity index (χ4v) is 3.36. The second-order valence-electron chi connectivity index (χ2n) is 4.81. The lowest BCUT2D eigenvalue weighted by atomic mass is 10.2. The molecular weight excluding hydrogens is 441 g/mol. The highest BCUT2D eigenvalue weighted by atomic mass is 127. The summed E-state index contributed by atoms with van der Waals surface area (Å²) < 4.78 is 28.2. The van der Waals surface area contributed by atoms with Crippen LogP contribution in [0.1, 0.15) is 5.56 Å². The molecule has 0 amide bonds. The van der Waals surface area contributed by atoms with Gasteiger partial charge in [-0.15, -0.1) is 24.0 Å². The van der Waals surface area contributed by atoms with Gasteiger partial charge in [0.2, 0.25) is 0 Å². The molecule has 0 saturated carbocycles. The second kappa shape index (κ2) is 8.32. The third-order valence-electron chi connectivity index (χ3n) is 3.15. The molecule has 2 rings (SSSR count). The summed E-state index contributed by atoms with van der Waals surface area (Å²) in [6.07, 6.45) is 1.13. The van der Waals surface area contributed by atoms with Crippen LogP contribution in [-0.2, 0) is 21.1 Å². The Morgan fingerprint density at radius 3 is 2.59 bits per heavy atom. The number of hydrogen-bond donors (Lipinski definition) is 1. The minimum Gasteiger partial charge on any atom is -0.378 e. The zero-order chi connectivity index (χ0) is 15.5. The summed E-state index contributed by atoms with van der Waals surface area (Å²) in [7, 11) is -3.31. The molecule has 1 saturated heterocycles. The van der Waals surface area contributed by atoms with Crippen molar-refractivity contribution in [2.24, 2.45) is 10.7 Å². The number of nitrogens with zero attached hydrogens (tertiary/aromatic N) is 2. The van der Waals surface area contributed by atoms with E-state index in [0.29, 0.717) is 25.7 Å². The Hall–Kier alpha value is -0.580. The van der Waals surface area contributed by atoms with Gasteiger partial charge in [0.1, 0.15) is 0 Å². The number of aliphatic imine (C=N–C) groups is 1. The van der Waals surface area contributed by atoms with Gasteiger partial charge in [0.05, 0.1) is 29.7 Å². The first-order chi connectivity index (χ1) is 9.88. The molecule has 2 N–H and O–H groups in total. The predicted octanol–water partition coefficient (Wildman–Crippen LogP) is 1.51. The van der Waals surface area contributed by atoms with Crippen molar-refractivity contribution in [1.82, 2.24) is 4.90 Å².